The van der Waals surface area contributed by atoms with Crippen molar-refractivity contribution in [2.24, 2.45) is 0 Å². The van der Waals surface area contributed by atoms with Crippen LogP contribution in [0.3, 0.4) is 0 Å². The summed E-state index contributed by atoms with van der Waals surface area (Å²) >= 11 is 1.82. The van der Waals surface area contributed by atoms with Gasteiger partial charge in [-0.3, -0.25) is 0 Å². The highest BCUT2D eigenvalue weighted by atomic mass is 32.2. The number of benzene rings is 1. The molecule has 0 radical (unpaired) electrons. The summed E-state index contributed by atoms with van der Waals surface area (Å²) in [6, 6.07) is 5.51. The molecule has 0 saturated carbocycles. The maximum absolute atomic E-state index is 12.4. The molecular weight excluding hydrogens is 280 g/mol. The lowest BCUT2D eigenvalue weighted by Gasteiger charge is -2.22. The van der Waals surface area contributed by atoms with Crippen LogP contribution < -0.4 is 10.0 Å². The molecule has 0 amide bonds. The van der Waals surface area contributed by atoms with E-state index in [0.717, 1.165) is 43.0 Å². The van der Waals surface area contributed by atoms with Gasteiger partial charge in [-0.05, 0) is 41.9 Å². The Kier molecular flexibility index (Phi) is 3.84. The summed E-state index contributed by atoms with van der Waals surface area (Å²) in [4.78, 5) is 0.394. The van der Waals surface area contributed by atoms with Gasteiger partial charge in [0.05, 0.1) is 4.90 Å². The summed E-state index contributed by atoms with van der Waals surface area (Å²) in [5.41, 5.74) is 2.30. The second-order valence-corrected chi connectivity index (χ2v) is 7.93. The van der Waals surface area contributed by atoms with Crippen molar-refractivity contribution < 1.29 is 8.42 Å². The van der Waals surface area contributed by atoms with E-state index in [-0.39, 0.29) is 6.04 Å². The quantitative estimate of drug-likeness (QED) is 0.887. The van der Waals surface area contributed by atoms with Crippen LogP contribution in [0, 0.1) is 0 Å². The first-order valence-corrected chi connectivity index (χ1v) is 9.21. The van der Waals surface area contributed by atoms with Crippen molar-refractivity contribution in [3.8, 4) is 0 Å². The van der Waals surface area contributed by atoms with Crippen LogP contribution in [0.5, 0.6) is 0 Å². The Balaban J connectivity index is 1.79. The van der Waals surface area contributed by atoms with Gasteiger partial charge in [-0.15, -0.1) is 0 Å². The monoisotopic (exact) mass is 298 g/mol. The van der Waals surface area contributed by atoms with E-state index in [9.17, 15) is 8.42 Å². The fourth-order valence-electron chi connectivity index (χ4n) is 2.56. The maximum Gasteiger partial charge on any atom is 0.240 e. The number of thioether (sulfide) groups is 1. The molecule has 1 atom stereocenters. The summed E-state index contributed by atoms with van der Waals surface area (Å²) in [7, 11) is -3.37. The summed E-state index contributed by atoms with van der Waals surface area (Å²) in [5, 5.41) is 3.23. The molecule has 2 heterocycles. The van der Waals surface area contributed by atoms with Crippen LogP contribution >= 0.6 is 11.8 Å². The third-order valence-electron chi connectivity index (χ3n) is 3.60. The molecule has 1 unspecified atom stereocenters. The van der Waals surface area contributed by atoms with Crippen molar-refractivity contribution in [1.82, 2.24) is 10.0 Å². The minimum atomic E-state index is -3.37. The molecule has 19 heavy (non-hydrogen) atoms. The average molecular weight is 298 g/mol. The molecule has 1 aromatic carbocycles. The minimum absolute atomic E-state index is 0.0788. The van der Waals surface area contributed by atoms with Crippen molar-refractivity contribution in [2.45, 2.75) is 36.9 Å². The van der Waals surface area contributed by atoms with Crippen LogP contribution in [0.4, 0.5) is 0 Å². The molecule has 1 aromatic rings. The number of sulfonamides is 1. The Hall–Kier alpha value is -0.560. The van der Waals surface area contributed by atoms with E-state index >= 15 is 0 Å². The summed E-state index contributed by atoms with van der Waals surface area (Å²) in [6.45, 7) is 1.60. The van der Waals surface area contributed by atoms with Gasteiger partial charge in [-0.2, -0.15) is 11.8 Å². The zero-order valence-corrected chi connectivity index (χ0v) is 12.3. The molecule has 1 fully saturated rings. The normalized spacial score (nSPS) is 23.3. The van der Waals surface area contributed by atoms with Crippen molar-refractivity contribution in [1.29, 1.82) is 0 Å². The minimum Gasteiger partial charge on any atom is -0.309 e. The van der Waals surface area contributed by atoms with Crippen LogP contribution in [-0.4, -0.2) is 26.0 Å². The maximum atomic E-state index is 12.4. The third kappa shape index (κ3) is 2.97. The first-order chi connectivity index (χ1) is 9.15. The van der Waals surface area contributed by atoms with Crippen molar-refractivity contribution in [3.05, 3.63) is 29.3 Å². The van der Waals surface area contributed by atoms with E-state index in [0.29, 0.717) is 4.90 Å². The highest BCUT2D eigenvalue weighted by Crippen LogP contribution is 2.22. The van der Waals surface area contributed by atoms with Crippen LogP contribution in [-0.2, 0) is 23.1 Å². The van der Waals surface area contributed by atoms with Gasteiger partial charge in [0.1, 0.15) is 0 Å². The largest absolute Gasteiger partial charge is 0.309 e. The number of nitrogens with one attached hydrogen (secondary N) is 2. The molecule has 6 heteroatoms. The molecule has 0 spiro atoms. The van der Waals surface area contributed by atoms with Gasteiger partial charge < -0.3 is 5.32 Å². The molecule has 1 saturated heterocycles. The Bertz CT molecular complexity index is 566. The lowest BCUT2D eigenvalue weighted by molar-refractivity contribution is 0.543. The first-order valence-electron chi connectivity index (χ1n) is 6.58. The Labute approximate surface area is 118 Å². The van der Waals surface area contributed by atoms with Crippen LogP contribution in [0.15, 0.2) is 23.1 Å². The van der Waals surface area contributed by atoms with E-state index in [2.05, 4.69) is 10.0 Å². The number of hydrogen-bond donors (Lipinski definition) is 2. The van der Waals surface area contributed by atoms with Crippen LogP contribution in [0.2, 0.25) is 0 Å². The molecule has 0 aromatic heterocycles. The van der Waals surface area contributed by atoms with E-state index < -0.39 is 10.0 Å². The van der Waals surface area contributed by atoms with Gasteiger partial charge in [0.15, 0.2) is 0 Å². The Morgan fingerprint density at radius 2 is 2.11 bits per heavy atom. The second-order valence-electron chi connectivity index (χ2n) is 5.07. The lowest BCUT2D eigenvalue weighted by atomic mass is 10.1. The molecule has 2 N–H and O–H groups in total. The number of rotatable bonds is 3. The third-order valence-corrected chi connectivity index (χ3v) is 6.33. The van der Waals surface area contributed by atoms with E-state index in [1.54, 1.807) is 12.1 Å². The van der Waals surface area contributed by atoms with E-state index in [4.69, 9.17) is 0 Å². The van der Waals surface area contributed by atoms with Crippen LogP contribution in [0.25, 0.3) is 0 Å². The standard InChI is InChI=1S/C13H18N2O2S2/c16-19(17,15-12-2-1-5-18-9-12)13-4-3-10-7-14-8-11(10)6-13/h3-4,6,12,14-15H,1-2,5,7-9H2. The molecule has 4 nitrogen and oxygen atoms in total. The van der Waals surface area contributed by atoms with Crippen molar-refractivity contribution >= 4 is 21.8 Å². The molecule has 2 aliphatic rings. The molecule has 0 aliphatic carbocycles. The lowest BCUT2D eigenvalue weighted by Crippen LogP contribution is -2.38. The molecular formula is C13H18N2O2S2. The van der Waals surface area contributed by atoms with Gasteiger partial charge in [-0.1, -0.05) is 6.07 Å². The van der Waals surface area contributed by atoms with Gasteiger partial charge in [0, 0.05) is 24.9 Å². The fraction of sp³-hybridized carbons (Fsp3) is 0.538. The van der Waals surface area contributed by atoms with Crippen LogP contribution in [0.1, 0.15) is 24.0 Å². The van der Waals surface area contributed by atoms with E-state index in [1.807, 2.05) is 17.8 Å². The highest BCUT2D eigenvalue weighted by Gasteiger charge is 2.23. The molecule has 0 bridgehead atoms. The zero-order chi connectivity index (χ0) is 13.3. The summed E-state index contributed by atoms with van der Waals surface area (Å²) in [6.07, 6.45) is 2.03. The van der Waals surface area contributed by atoms with E-state index in [1.165, 1.54) is 5.56 Å². The Morgan fingerprint density at radius 3 is 2.89 bits per heavy atom. The first kappa shape index (κ1) is 13.4. The van der Waals surface area contributed by atoms with Crippen molar-refractivity contribution in [3.63, 3.8) is 0 Å². The van der Waals surface area contributed by atoms with Gasteiger partial charge in [0.25, 0.3) is 0 Å². The highest BCUT2D eigenvalue weighted by molar-refractivity contribution is 7.99. The SMILES string of the molecule is O=S(=O)(NC1CCCSC1)c1ccc2c(c1)CNC2. The molecule has 3 rings (SSSR count). The molecule has 104 valence electrons. The summed E-state index contributed by atoms with van der Waals surface area (Å²) < 4.78 is 27.6. The van der Waals surface area contributed by atoms with Gasteiger partial charge in [0.2, 0.25) is 10.0 Å². The van der Waals surface area contributed by atoms with Gasteiger partial charge in [-0.25, -0.2) is 13.1 Å². The number of fused-ring (bicyclic) bond motifs is 1. The predicted octanol–water partition coefficient (Wildman–Crippen LogP) is 1.46. The summed E-state index contributed by atoms with van der Waals surface area (Å²) in [5.74, 6) is 2.02. The predicted molar refractivity (Wildman–Crippen MR) is 77.7 cm³/mol. The smallest absolute Gasteiger partial charge is 0.240 e. The topological polar surface area (TPSA) is 58.2 Å². The molecule has 2 aliphatic heterocycles. The van der Waals surface area contributed by atoms with Crippen molar-refractivity contribution in [2.75, 3.05) is 11.5 Å². The zero-order valence-electron chi connectivity index (χ0n) is 10.7. The second kappa shape index (κ2) is 5.44. The Morgan fingerprint density at radius 1 is 1.26 bits per heavy atom. The van der Waals surface area contributed by atoms with Gasteiger partial charge >= 0.3 is 0 Å². The number of hydrogen-bond acceptors (Lipinski definition) is 4. The average Bonchev–Trinajstić information content (AvgIpc) is 2.86. The fourth-order valence-corrected chi connectivity index (χ4v) is 5.06.